The second-order valence-electron chi connectivity index (χ2n) is 6.83. The van der Waals surface area contributed by atoms with Crippen LogP contribution in [0.4, 0.5) is 0 Å². The predicted molar refractivity (Wildman–Crippen MR) is 84.2 cm³/mol. The van der Waals surface area contributed by atoms with Gasteiger partial charge in [0.25, 0.3) is 0 Å². The summed E-state index contributed by atoms with van der Waals surface area (Å²) in [7, 11) is 0. The molecule has 2 heterocycles. The van der Waals surface area contributed by atoms with Crippen molar-refractivity contribution in [1.82, 2.24) is 4.98 Å². The van der Waals surface area contributed by atoms with Crippen molar-refractivity contribution in [2.45, 2.75) is 37.2 Å². The first kappa shape index (κ1) is 13.7. The molecule has 0 aromatic carbocycles. The number of pyridine rings is 1. The number of carbonyl (C=O) groups excluding carboxylic acids is 1. The number of aromatic nitrogens is 1. The summed E-state index contributed by atoms with van der Waals surface area (Å²) >= 11 is 0. The molecule has 1 aliphatic heterocycles. The lowest BCUT2D eigenvalue weighted by molar-refractivity contribution is -0.154. The van der Waals surface area contributed by atoms with Crippen LogP contribution in [0.15, 0.2) is 43.8 Å². The van der Waals surface area contributed by atoms with E-state index in [9.17, 15) is 4.79 Å². The number of fused-ring (bicyclic) bond motifs is 1. The zero-order valence-corrected chi connectivity index (χ0v) is 12.7. The summed E-state index contributed by atoms with van der Waals surface area (Å²) in [6.45, 7) is 7.92. The van der Waals surface area contributed by atoms with Crippen LogP contribution in [0.25, 0.3) is 0 Å². The second kappa shape index (κ2) is 4.80. The van der Waals surface area contributed by atoms with Gasteiger partial charge in [-0.15, -0.1) is 13.2 Å². The molecule has 3 heteroatoms. The second-order valence-corrected chi connectivity index (χ2v) is 6.83. The Balaban J connectivity index is 1.64. The fourth-order valence-electron chi connectivity index (χ4n) is 4.79. The zero-order chi connectivity index (χ0) is 15.3. The van der Waals surface area contributed by atoms with Crippen molar-refractivity contribution in [3.63, 3.8) is 0 Å². The first-order chi connectivity index (χ1) is 10.7. The topological polar surface area (TPSA) is 39.2 Å². The summed E-state index contributed by atoms with van der Waals surface area (Å²) in [6.07, 6.45) is 11.5. The molecule has 0 N–H and O–H groups in total. The molecule has 1 aromatic heterocycles. The number of nitrogens with zero attached hydrogens (tertiary/aromatic N) is 1. The molecule has 1 spiro atoms. The summed E-state index contributed by atoms with van der Waals surface area (Å²) in [5, 5.41) is 0. The van der Waals surface area contributed by atoms with Crippen molar-refractivity contribution in [1.29, 1.82) is 0 Å². The van der Waals surface area contributed by atoms with Gasteiger partial charge in [0.15, 0.2) is 0 Å². The molecule has 4 atom stereocenters. The third-order valence-corrected chi connectivity index (χ3v) is 6.01. The van der Waals surface area contributed by atoms with E-state index in [2.05, 4.69) is 18.1 Å². The van der Waals surface area contributed by atoms with Crippen molar-refractivity contribution >= 4 is 5.97 Å². The number of esters is 1. The third kappa shape index (κ3) is 1.68. The van der Waals surface area contributed by atoms with Crippen LogP contribution in [0.5, 0.6) is 0 Å². The zero-order valence-electron chi connectivity index (χ0n) is 12.7. The van der Waals surface area contributed by atoms with Crippen LogP contribution >= 0.6 is 0 Å². The van der Waals surface area contributed by atoms with E-state index in [1.807, 2.05) is 30.6 Å². The summed E-state index contributed by atoms with van der Waals surface area (Å²) in [4.78, 5) is 16.8. The van der Waals surface area contributed by atoms with E-state index in [1.165, 1.54) is 11.1 Å². The molecule has 0 bridgehead atoms. The number of hydrogen-bond acceptors (Lipinski definition) is 3. The van der Waals surface area contributed by atoms with Gasteiger partial charge in [0.1, 0.15) is 5.60 Å². The van der Waals surface area contributed by atoms with Gasteiger partial charge in [-0.25, -0.2) is 0 Å². The van der Waals surface area contributed by atoms with E-state index < -0.39 is 5.60 Å². The Kier molecular flexibility index (Phi) is 3.00. The van der Waals surface area contributed by atoms with Crippen LogP contribution in [0.3, 0.4) is 0 Å². The standard InChI is InChI=1S/C19H21NO2/c1-3-13-5-6-14(4-2)19(13)10-17(18(21)22-19)16-9-12-11-20-8-7-15(12)16/h3-4,7-8,11,13-14,16-17H,1-2,5-6,9-10H2/t13-,14-,16?,17-/m1/s1. The molecule has 114 valence electrons. The lowest BCUT2D eigenvalue weighted by atomic mass is 9.67. The summed E-state index contributed by atoms with van der Waals surface area (Å²) in [5.74, 6) is 0.732. The number of ether oxygens (including phenoxy) is 1. The molecule has 0 amide bonds. The Morgan fingerprint density at radius 1 is 1.23 bits per heavy atom. The normalized spacial score (nSPS) is 34.8. The predicted octanol–water partition coefficient (Wildman–Crippen LogP) is 3.42. The Hall–Kier alpha value is -1.90. The van der Waals surface area contributed by atoms with Crippen molar-refractivity contribution in [2.75, 3.05) is 0 Å². The van der Waals surface area contributed by atoms with Crippen LogP contribution in [-0.2, 0) is 16.0 Å². The molecule has 4 rings (SSSR count). The number of carbonyl (C=O) groups is 1. The van der Waals surface area contributed by atoms with Gasteiger partial charge in [-0.2, -0.15) is 0 Å². The van der Waals surface area contributed by atoms with E-state index in [4.69, 9.17) is 4.74 Å². The molecule has 22 heavy (non-hydrogen) atoms. The first-order valence-electron chi connectivity index (χ1n) is 8.10. The molecule has 3 aliphatic rings. The largest absolute Gasteiger partial charge is 0.458 e. The van der Waals surface area contributed by atoms with Gasteiger partial charge in [0.05, 0.1) is 5.92 Å². The summed E-state index contributed by atoms with van der Waals surface area (Å²) < 4.78 is 6.00. The van der Waals surface area contributed by atoms with Crippen LogP contribution in [0, 0.1) is 17.8 Å². The number of rotatable bonds is 3. The highest BCUT2D eigenvalue weighted by Crippen LogP contribution is 2.56. The van der Waals surface area contributed by atoms with Crippen LogP contribution in [0.2, 0.25) is 0 Å². The molecular weight excluding hydrogens is 274 g/mol. The van der Waals surface area contributed by atoms with Crippen LogP contribution in [-0.4, -0.2) is 16.6 Å². The van der Waals surface area contributed by atoms with Gasteiger partial charge >= 0.3 is 5.97 Å². The Bertz CT molecular complexity index is 635. The molecule has 1 unspecified atom stereocenters. The van der Waals surface area contributed by atoms with Crippen molar-refractivity contribution in [3.05, 3.63) is 54.9 Å². The average Bonchev–Trinajstić information content (AvgIpc) is 3.01. The van der Waals surface area contributed by atoms with Crippen LogP contribution in [0.1, 0.15) is 36.3 Å². The van der Waals surface area contributed by atoms with E-state index in [0.29, 0.717) is 5.92 Å². The van der Waals surface area contributed by atoms with Gasteiger partial charge in [-0.3, -0.25) is 9.78 Å². The lowest BCUT2D eigenvalue weighted by Gasteiger charge is -2.35. The smallest absolute Gasteiger partial charge is 0.310 e. The molecular formula is C19H21NO2. The fraction of sp³-hybridized carbons (Fsp3) is 0.474. The maximum Gasteiger partial charge on any atom is 0.310 e. The maximum absolute atomic E-state index is 12.6. The van der Waals surface area contributed by atoms with Crippen LogP contribution < -0.4 is 0 Å². The molecule has 1 aromatic rings. The molecule has 2 aliphatic carbocycles. The van der Waals surface area contributed by atoms with E-state index in [-0.39, 0.29) is 23.7 Å². The van der Waals surface area contributed by atoms with Gasteiger partial charge in [0.2, 0.25) is 0 Å². The minimum Gasteiger partial charge on any atom is -0.458 e. The molecule has 0 radical (unpaired) electrons. The summed E-state index contributed by atoms with van der Waals surface area (Å²) in [6, 6.07) is 2.05. The Morgan fingerprint density at radius 2 is 1.95 bits per heavy atom. The van der Waals surface area contributed by atoms with E-state index in [0.717, 1.165) is 25.7 Å². The molecule has 1 saturated carbocycles. The van der Waals surface area contributed by atoms with E-state index >= 15 is 0 Å². The SMILES string of the molecule is C=C[C@@H]1CC[C@@H](C=C)C12C[C@H](C1Cc3cnccc31)C(=O)O2. The van der Waals surface area contributed by atoms with Crippen molar-refractivity contribution in [3.8, 4) is 0 Å². The van der Waals surface area contributed by atoms with Gasteiger partial charge in [-0.05, 0) is 36.5 Å². The average molecular weight is 295 g/mol. The van der Waals surface area contributed by atoms with Crippen molar-refractivity contribution in [2.24, 2.45) is 17.8 Å². The Morgan fingerprint density at radius 3 is 2.59 bits per heavy atom. The first-order valence-corrected chi connectivity index (χ1v) is 8.10. The van der Waals surface area contributed by atoms with Gasteiger partial charge < -0.3 is 4.74 Å². The summed E-state index contributed by atoms with van der Waals surface area (Å²) in [5.41, 5.74) is 2.15. The van der Waals surface area contributed by atoms with Gasteiger partial charge in [0, 0.05) is 36.6 Å². The highest BCUT2D eigenvalue weighted by Gasteiger charge is 2.59. The molecule has 3 nitrogen and oxygen atoms in total. The monoisotopic (exact) mass is 295 g/mol. The Labute approximate surface area is 131 Å². The van der Waals surface area contributed by atoms with E-state index in [1.54, 1.807) is 0 Å². The molecule has 2 fully saturated rings. The highest BCUT2D eigenvalue weighted by atomic mass is 16.6. The quantitative estimate of drug-likeness (QED) is 0.633. The number of hydrogen-bond donors (Lipinski definition) is 0. The highest BCUT2D eigenvalue weighted by molar-refractivity contribution is 5.78. The minimum atomic E-state index is -0.395. The van der Waals surface area contributed by atoms with Gasteiger partial charge in [-0.1, -0.05) is 12.2 Å². The molecule has 1 saturated heterocycles. The third-order valence-electron chi connectivity index (χ3n) is 6.01. The van der Waals surface area contributed by atoms with Crippen molar-refractivity contribution < 1.29 is 9.53 Å². The maximum atomic E-state index is 12.6. The fourth-order valence-corrected chi connectivity index (χ4v) is 4.79. The minimum absolute atomic E-state index is 0.0297. The lowest BCUT2D eigenvalue weighted by Crippen LogP contribution is -2.38.